The normalized spacial score (nSPS) is 17.5. The Hall–Kier alpha value is -3.19. The van der Waals surface area contributed by atoms with E-state index in [1.807, 2.05) is 29.8 Å². The molecule has 4 heteroatoms. The molecule has 0 fully saturated rings. The molecule has 4 nitrogen and oxygen atoms in total. The van der Waals surface area contributed by atoms with E-state index in [-0.39, 0.29) is 11.7 Å². The molecule has 0 saturated carbocycles. The Morgan fingerprint density at radius 3 is 2.82 bits per heavy atom. The van der Waals surface area contributed by atoms with Crippen molar-refractivity contribution < 1.29 is 4.79 Å². The zero-order chi connectivity index (χ0) is 23.2. The Bertz CT molecular complexity index is 1160. The molecule has 1 aromatic heterocycles. The third-order valence-electron chi connectivity index (χ3n) is 6.70. The van der Waals surface area contributed by atoms with Crippen molar-refractivity contribution in [1.29, 1.82) is 5.26 Å². The number of nitrogens with zero attached hydrogens (tertiary/aromatic N) is 3. The van der Waals surface area contributed by atoms with Gasteiger partial charge in [0.05, 0.1) is 23.4 Å². The molecule has 0 N–H and O–H groups in total. The molecular formula is C29H33N3O. The van der Waals surface area contributed by atoms with Crippen molar-refractivity contribution in [2.75, 3.05) is 0 Å². The van der Waals surface area contributed by atoms with Crippen LogP contribution in [0.15, 0.2) is 54.1 Å². The highest BCUT2D eigenvalue weighted by Crippen LogP contribution is 2.30. The Morgan fingerprint density at radius 1 is 1.21 bits per heavy atom. The van der Waals surface area contributed by atoms with Crippen LogP contribution in [-0.2, 0) is 12.8 Å². The molecule has 4 rings (SSSR count). The van der Waals surface area contributed by atoms with Gasteiger partial charge in [-0.25, -0.2) is 4.68 Å². The van der Waals surface area contributed by atoms with Crippen molar-refractivity contribution in [3.05, 3.63) is 76.7 Å². The van der Waals surface area contributed by atoms with Crippen LogP contribution in [0.3, 0.4) is 0 Å². The SMILES string of the molecule is CCCCCC/C=C(/C)C(=O)c1cc(C2=CCC(C#N)C=C2)n(-c2ccc3c(c2)CCC3)n1. The van der Waals surface area contributed by atoms with Gasteiger partial charge in [-0.1, -0.05) is 56.6 Å². The van der Waals surface area contributed by atoms with E-state index in [1.165, 1.54) is 36.8 Å². The van der Waals surface area contributed by atoms with Crippen molar-refractivity contribution in [1.82, 2.24) is 9.78 Å². The van der Waals surface area contributed by atoms with Crippen LogP contribution in [0.25, 0.3) is 11.3 Å². The Kier molecular flexibility index (Phi) is 7.40. The van der Waals surface area contributed by atoms with Crippen LogP contribution in [0, 0.1) is 17.2 Å². The molecule has 1 aromatic carbocycles. The van der Waals surface area contributed by atoms with Crippen LogP contribution in [0.2, 0.25) is 0 Å². The highest BCUT2D eigenvalue weighted by atomic mass is 16.1. The first-order valence-corrected chi connectivity index (χ1v) is 12.3. The third kappa shape index (κ3) is 5.25. The van der Waals surface area contributed by atoms with E-state index in [4.69, 9.17) is 5.10 Å². The minimum absolute atomic E-state index is 0.0121. The van der Waals surface area contributed by atoms with Gasteiger partial charge in [0.25, 0.3) is 0 Å². The summed E-state index contributed by atoms with van der Waals surface area (Å²) < 4.78 is 1.91. The zero-order valence-electron chi connectivity index (χ0n) is 19.8. The summed E-state index contributed by atoms with van der Waals surface area (Å²) in [5, 5.41) is 14.0. The van der Waals surface area contributed by atoms with Crippen LogP contribution in [0.4, 0.5) is 0 Å². The maximum atomic E-state index is 13.2. The number of unbranched alkanes of at least 4 members (excludes halogenated alkanes) is 4. The number of Topliss-reactive ketones (excluding diaryl/α,β-unsaturated/α-hetero) is 1. The fourth-order valence-corrected chi connectivity index (χ4v) is 4.67. The summed E-state index contributed by atoms with van der Waals surface area (Å²) in [6.45, 7) is 4.10. The molecule has 0 radical (unpaired) electrons. The highest BCUT2D eigenvalue weighted by molar-refractivity contribution is 6.07. The first kappa shape index (κ1) is 23.0. The van der Waals surface area contributed by atoms with Gasteiger partial charge in [0.2, 0.25) is 5.78 Å². The zero-order valence-corrected chi connectivity index (χ0v) is 19.8. The largest absolute Gasteiger partial charge is 0.287 e. The van der Waals surface area contributed by atoms with Gasteiger partial charge in [-0.05, 0) is 85.9 Å². The summed E-state index contributed by atoms with van der Waals surface area (Å²) >= 11 is 0. The van der Waals surface area contributed by atoms with Gasteiger partial charge in [0.15, 0.2) is 0 Å². The number of nitriles is 1. The van der Waals surface area contributed by atoms with E-state index in [2.05, 4.69) is 43.3 Å². The number of benzene rings is 1. The second-order valence-electron chi connectivity index (χ2n) is 9.19. The van der Waals surface area contributed by atoms with Crippen molar-refractivity contribution in [3.63, 3.8) is 0 Å². The molecule has 0 saturated heterocycles. The summed E-state index contributed by atoms with van der Waals surface area (Å²) in [6.07, 6.45) is 17.9. The monoisotopic (exact) mass is 439 g/mol. The smallest absolute Gasteiger partial charge is 0.208 e. The number of carbonyl (C=O) groups is 1. The lowest BCUT2D eigenvalue weighted by Gasteiger charge is -2.13. The summed E-state index contributed by atoms with van der Waals surface area (Å²) in [5.41, 5.74) is 6.93. The first-order chi connectivity index (χ1) is 16.1. The van der Waals surface area contributed by atoms with Crippen LogP contribution in [-0.4, -0.2) is 15.6 Å². The fourth-order valence-electron chi connectivity index (χ4n) is 4.67. The number of ketones is 1. The van der Waals surface area contributed by atoms with Gasteiger partial charge >= 0.3 is 0 Å². The topological polar surface area (TPSA) is 58.7 Å². The van der Waals surface area contributed by atoms with Gasteiger partial charge in [0, 0.05) is 0 Å². The van der Waals surface area contributed by atoms with E-state index >= 15 is 0 Å². The average molecular weight is 440 g/mol. The predicted molar refractivity (Wildman–Crippen MR) is 133 cm³/mol. The Labute approximate surface area is 197 Å². The van der Waals surface area contributed by atoms with E-state index < -0.39 is 0 Å². The van der Waals surface area contributed by atoms with Crippen LogP contribution < -0.4 is 0 Å². The van der Waals surface area contributed by atoms with E-state index in [0.717, 1.165) is 48.2 Å². The first-order valence-electron chi connectivity index (χ1n) is 12.3. The summed E-state index contributed by atoms with van der Waals surface area (Å²) in [6, 6.07) is 10.7. The molecule has 170 valence electrons. The molecule has 0 aliphatic heterocycles. The van der Waals surface area contributed by atoms with Crippen LogP contribution >= 0.6 is 0 Å². The quantitative estimate of drug-likeness (QED) is 0.241. The van der Waals surface area contributed by atoms with Gasteiger partial charge < -0.3 is 0 Å². The van der Waals surface area contributed by atoms with E-state index in [9.17, 15) is 10.1 Å². The molecule has 33 heavy (non-hydrogen) atoms. The van der Waals surface area contributed by atoms with Crippen molar-refractivity contribution in [2.45, 2.75) is 71.6 Å². The van der Waals surface area contributed by atoms with Crippen LogP contribution in [0.1, 0.15) is 86.1 Å². The van der Waals surface area contributed by atoms with E-state index in [1.54, 1.807) is 0 Å². The number of hydrogen-bond acceptors (Lipinski definition) is 3. The molecule has 1 atom stereocenters. The third-order valence-corrected chi connectivity index (χ3v) is 6.70. The fraction of sp³-hybridized carbons (Fsp3) is 0.414. The minimum Gasteiger partial charge on any atom is -0.287 e. The van der Waals surface area contributed by atoms with Gasteiger partial charge in [-0.2, -0.15) is 10.4 Å². The lowest BCUT2D eigenvalue weighted by Crippen LogP contribution is -2.06. The molecule has 0 bridgehead atoms. The molecule has 0 amide bonds. The van der Waals surface area contributed by atoms with Crippen LogP contribution in [0.5, 0.6) is 0 Å². The summed E-state index contributed by atoms with van der Waals surface area (Å²) in [7, 11) is 0. The molecule has 1 unspecified atom stereocenters. The predicted octanol–water partition coefficient (Wildman–Crippen LogP) is 6.94. The summed E-state index contributed by atoms with van der Waals surface area (Å²) in [5.74, 6) is -0.106. The lowest BCUT2D eigenvalue weighted by molar-refractivity contribution is 0.102. The lowest BCUT2D eigenvalue weighted by atomic mass is 9.96. The molecule has 2 aliphatic carbocycles. The number of rotatable bonds is 9. The van der Waals surface area contributed by atoms with Gasteiger partial charge in [-0.3, -0.25) is 4.79 Å². The van der Waals surface area contributed by atoms with Gasteiger partial charge in [0.1, 0.15) is 5.69 Å². The molecule has 2 aromatic rings. The number of aromatic nitrogens is 2. The minimum atomic E-state index is -0.0934. The maximum absolute atomic E-state index is 13.2. The summed E-state index contributed by atoms with van der Waals surface area (Å²) in [4.78, 5) is 13.2. The van der Waals surface area contributed by atoms with Gasteiger partial charge in [-0.15, -0.1) is 0 Å². The Morgan fingerprint density at radius 2 is 2.06 bits per heavy atom. The standard InChI is InChI=1S/C29H33N3O/c1-3-4-5-6-7-9-21(2)29(33)27-19-28(24-14-12-22(20-30)13-15-24)32(31-27)26-17-16-23-10-8-11-25(23)18-26/h9,12,14-19,22H,3-8,10-11,13H2,1-2H3/b21-9-. The number of carbonyl (C=O) groups excluding carboxylic acids is 1. The molecule has 2 aliphatic rings. The molecule has 0 spiro atoms. The van der Waals surface area contributed by atoms with E-state index in [0.29, 0.717) is 12.1 Å². The highest BCUT2D eigenvalue weighted by Gasteiger charge is 2.21. The number of fused-ring (bicyclic) bond motifs is 1. The van der Waals surface area contributed by atoms with Crippen molar-refractivity contribution >= 4 is 11.4 Å². The number of aryl methyl sites for hydroxylation is 2. The maximum Gasteiger partial charge on any atom is 0.208 e. The second kappa shape index (κ2) is 10.6. The molecule has 1 heterocycles. The Balaban J connectivity index is 1.65. The average Bonchev–Trinajstić information content (AvgIpc) is 3.50. The van der Waals surface area contributed by atoms with Crippen molar-refractivity contribution in [2.24, 2.45) is 5.92 Å². The van der Waals surface area contributed by atoms with Crippen molar-refractivity contribution in [3.8, 4) is 11.8 Å². The molecular weight excluding hydrogens is 406 g/mol. The second-order valence-corrected chi connectivity index (χ2v) is 9.19. The number of hydrogen-bond donors (Lipinski definition) is 0. The number of allylic oxidation sites excluding steroid dienone is 6.